The summed E-state index contributed by atoms with van der Waals surface area (Å²) in [6.07, 6.45) is 6.59. The Morgan fingerprint density at radius 2 is 2.04 bits per heavy atom. The third kappa shape index (κ3) is 2.41. The molecule has 1 aromatic carbocycles. The van der Waals surface area contributed by atoms with Crippen LogP contribution in [0.2, 0.25) is 0 Å². The molecule has 1 unspecified atom stereocenters. The molecule has 25 heavy (non-hydrogen) atoms. The standard InChI is InChI=1S/C20H23N5/c1-14-5-2-6-15-9-10-21-20(18(14)15)24-11-3-7-16(13-24)19-23-22-17-8-4-12-25(17)19/h2,5-6,9-10,16H,3-4,7-8,11-13H2,1H3. The topological polar surface area (TPSA) is 46.8 Å². The highest BCUT2D eigenvalue weighted by Crippen LogP contribution is 2.34. The number of hydrogen-bond acceptors (Lipinski definition) is 4. The Labute approximate surface area is 147 Å². The van der Waals surface area contributed by atoms with Crippen LogP contribution < -0.4 is 4.90 Å². The Morgan fingerprint density at radius 3 is 3.00 bits per heavy atom. The van der Waals surface area contributed by atoms with Gasteiger partial charge in [0.05, 0.1) is 0 Å². The first-order chi connectivity index (χ1) is 12.3. The van der Waals surface area contributed by atoms with E-state index in [0.717, 1.165) is 31.9 Å². The number of piperidine rings is 1. The van der Waals surface area contributed by atoms with E-state index < -0.39 is 0 Å². The molecule has 0 radical (unpaired) electrons. The Balaban J connectivity index is 1.51. The van der Waals surface area contributed by atoms with Crippen molar-refractivity contribution in [2.45, 2.75) is 45.1 Å². The molecular weight excluding hydrogens is 310 g/mol. The zero-order valence-electron chi connectivity index (χ0n) is 14.6. The average molecular weight is 333 g/mol. The van der Waals surface area contributed by atoms with Crippen LogP contribution in [-0.4, -0.2) is 32.8 Å². The molecule has 4 heterocycles. The lowest BCUT2D eigenvalue weighted by molar-refractivity contribution is 0.471. The second kappa shape index (κ2) is 5.83. The van der Waals surface area contributed by atoms with Gasteiger partial charge in [0.15, 0.2) is 0 Å². The molecule has 128 valence electrons. The molecule has 0 N–H and O–H groups in total. The lowest BCUT2D eigenvalue weighted by Gasteiger charge is -2.34. The fourth-order valence-corrected chi connectivity index (χ4v) is 4.48. The minimum Gasteiger partial charge on any atom is -0.355 e. The zero-order valence-corrected chi connectivity index (χ0v) is 14.6. The fraction of sp³-hybridized carbons (Fsp3) is 0.450. The highest BCUT2D eigenvalue weighted by atomic mass is 15.3. The Hall–Kier alpha value is -2.43. The van der Waals surface area contributed by atoms with Crippen molar-refractivity contribution in [3.8, 4) is 0 Å². The molecule has 0 amide bonds. The minimum absolute atomic E-state index is 0.453. The summed E-state index contributed by atoms with van der Waals surface area (Å²) in [5, 5.41) is 11.5. The van der Waals surface area contributed by atoms with E-state index >= 15 is 0 Å². The lowest BCUT2D eigenvalue weighted by atomic mass is 9.96. The molecule has 2 aromatic heterocycles. The van der Waals surface area contributed by atoms with Gasteiger partial charge in [0.2, 0.25) is 0 Å². The molecule has 5 heteroatoms. The van der Waals surface area contributed by atoms with Crippen LogP contribution in [0, 0.1) is 6.92 Å². The number of hydrogen-bond donors (Lipinski definition) is 0. The van der Waals surface area contributed by atoms with Crippen LogP contribution in [0.15, 0.2) is 30.5 Å². The van der Waals surface area contributed by atoms with Crippen molar-refractivity contribution in [2.75, 3.05) is 18.0 Å². The highest BCUT2D eigenvalue weighted by molar-refractivity contribution is 5.94. The number of anilines is 1. The summed E-state index contributed by atoms with van der Waals surface area (Å²) in [5.41, 5.74) is 1.30. The van der Waals surface area contributed by atoms with E-state index in [1.54, 1.807) is 0 Å². The molecule has 3 aromatic rings. The van der Waals surface area contributed by atoms with E-state index in [2.05, 4.69) is 50.9 Å². The smallest absolute Gasteiger partial charge is 0.137 e. The van der Waals surface area contributed by atoms with E-state index in [9.17, 15) is 0 Å². The molecule has 0 bridgehead atoms. The summed E-state index contributed by atoms with van der Waals surface area (Å²) in [5.74, 6) is 3.94. The largest absolute Gasteiger partial charge is 0.355 e. The van der Waals surface area contributed by atoms with Gasteiger partial charge < -0.3 is 9.47 Å². The summed E-state index contributed by atoms with van der Waals surface area (Å²) in [4.78, 5) is 7.22. The quantitative estimate of drug-likeness (QED) is 0.720. The number of aromatic nitrogens is 4. The maximum absolute atomic E-state index is 4.76. The predicted octanol–water partition coefficient (Wildman–Crippen LogP) is 3.46. The number of rotatable bonds is 2. The third-order valence-corrected chi connectivity index (χ3v) is 5.70. The van der Waals surface area contributed by atoms with Crippen molar-refractivity contribution >= 4 is 16.6 Å². The van der Waals surface area contributed by atoms with Gasteiger partial charge in [-0.1, -0.05) is 18.2 Å². The monoisotopic (exact) mass is 333 g/mol. The predicted molar refractivity (Wildman–Crippen MR) is 99.0 cm³/mol. The van der Waals surface area contributed by atoms with Crippen molar-refractivity contribution in [3.05, 3.63) is 47.7 Å². The Bertz CT molecular complexity index is 924. The van der Waals surface area contributed by atoms with Gasteiger partial charge in [0.25, 0.3) is 0 Å². The zero-order chi connectivity index (χ0) is 16.8. The molecular formula is C20H23N5. The normalized spacial score (nSPS) is 20.2. The van der Waals surface area contributed by atoms with Gasteiger partial charge in [-0.2, -0.15) is 0 Å². The van der Waals surface area contributed by atoms with Gasteiger partial charge in [-0.05, 0) is 43.2 Å². The van der Waals surface area contributed by atoms with Crippen molar-refractivity contribution in [1.29, 1.82) is 0 Å². The summed E-state index contributed by atoms with van der Waals surface area (Å²) in [6.45, 7) is 5.32. The maximum atomic E-state index is 4.76. The van der Waals surface area contributed by atoms with Crippen LogP contribution in [0.25, 0.3) is 10.8 Å². The van der Waals surface area contributed by atoms with E-state index in [-0.39, 0.29) is 0 Å². The van der Waals surface area contributed by atoms with Crippen molar-refractivity contribution in [1.82, 2.24) is 19.7 Å². The molecule has 0 aliphatic carbocycles. The van der Waals surface area contributed by atoms with Crippen LogP contribution in [-0.2, 0) is 13.0 Å². The van der Waals surface area contributed by atoms with Gasteiger partial charge in [-0.15, -0.1) is 10.2 Å². The summed E-state index contributed by atoms with van der Waals surface area (Å²) >= 11 is 0. The summed E-state index contributed by atoms with van der Waals surface area (Å²) in [6, 6.07) is 8.60. The molecule has 0 spiro atoms. The number of pyridine rings is 1. The molecule has 5 rings (SSSR count). The number of benzene rings is 1. The maximum Gasteiger partial charge on any atom is 0.137 e. The lowest BCUT2D eigenvalue weighted by Crippen LogP contribution is -2.36. The molecule has 2 aliphatic rings. The van der Waals surface area contributed by atoms with Gasteiger partial charge in [0.1, 0.15) is 17.5 Å². The van der Waals surface area contributed by atoms with Crippen LogP contribution >= 0.6 is 0 Å². The average Bonchev–Trinajstić information content (AvgIpc) is 3.25. The second-order valence-electron chi connectivity index (χ2n) is 7.32. The molecule has 1 atom stereocenters. The molecule has 2 aliphatic heterocycles. The first-order valence-electron chi connectivity index (χ1n) is 9.32. The Kier molecular flexibility index (Phi) is 3.47. The highest BCUT2D eigenvalue weighted by Gasteiger charge is 2.29. The van der Waals surface area contributed by atoms with Gasteiger partial charge in [-0.3, -0.25) is 0 Å². The van der Waals surface area contributed by atoms with E-state index in [1.165, 1.54) is 47.2 Å². The minimum atomic E-state index is 0.453. The third-order valence-electron chi connectivity index (χ3n) is 5.70. The molecule has 1 saturated heterocycles. The first kappa shape index (κ1) is 14.9. The number of nitrogens with zero attached hydrogens (tertiary/aromatic N) is 5. The van der Waals surface area contributed by atoms with Crippen LogP contribution in [0.4, 0.5) is 5.82 Å². The van der Waals surface area contributed by atoms with Gasteiger partial charge in [-0.25, -0.2) is 4.98 Å². The van der Waals surface area contributed by atoms with Gasteiger partial charge >= 0.3 is 0 Å². The molecule has 5 nitrogen and oxygen atoms in total. The van der Waals surface area contributed by atoms with E-state index in [4.69, 9.17) is 4.98 Å². The van der Waals surface area contributed by atoms with Crippen molar-refractivity contribution < 1.29 is 0 Å². The van der Waals surface area contributed by atoms with Crippen molar-refractivity contribution in [3.63, 3.8) is 0 Å². The van der Waals surface area contributed by atoms with E-state index in [0.29, 0.717) is 5.92 Å². The first-order valence-corrected chi connectivity index (χ1v) is 9.32. The van der Waals surface area contributed by atoms with E-state index in [1.807, 2.05) is 6.20 Å². The summed E-state index contributed by atoms with van der Waals surface area (Å²) in [7, 11) is 0. The number of fused-ring (bicyclic) bond motifs is 2. The fourth-order valence-electron chi connectivity index (χ4n) is 4.48. The molecule has 0 saturated carbocycles. The van der Waals surface area contributed by atoms with Gasteiger partial charge in [0, 0.05) is 43.6 Å². The van der Waals surface area contributed by atoms with Crippen LogP contribution in [0.3, 0.4) is 0 Å². The Morgan fingerprint density at radius 1 is 1.08 bits per heavy atom. The molecule has 1 fully saturated rings. The summed E-state index contributed by atoms with van der Waals surface area (Å²) < 4.78 is 2.36. The second-order valence-corrected chi connectivity index (χ2v) is 7.32. The number of aryl methyl sites for hydroxylation is 2. The SMILES string of the molecule is Cc1cccc2ccnc(N3CCCC(c4nnc5n4CCC5)C3)c12. The van der Waals surface area contributed by atoms with Crippen LogP contribution in [0.1, 0.15) is 42.4 Å². The van der Waals surface area contributed by atoms with Crippen molar-refractivity contribution in [2.24, 2.45) is 0 Å². The van der Waals surface area contributed by atoms with Crippen LogP contribution in [0.5, 0.6) is 0 Å².